The van der Waals surface area contributed by atoms with E-state index in [0.717, 1.165) is 30.2 Å². The number of benzene rings is 1. The lowest BCUT2D eigenvalue weighted by atomic mass is 9.99. The molecule has 2 rings (SSSR count). The fourth-order valence-electron chi connectivity index (χ4n) is 2.39. The van der Waals surface area contributed by atoms with E-state index in [0.29, 0.717) is 0 Å². The van der Waals surface area contributed by atoms with Crippen molar-refractivity contribution in [3.63, 3.8) is 0 Å². The third-order valence-electron chi connectivity index (χ3n) is 3.75. The molecule has 1 unspecified atom stereocenters. The number of hydrogen-bond donors (Lipinski definition) is 1. The highest BCUT2D eigenvalue weighted by molar-refractivity contribution is 6.30. The molecule has 3 nitrogen and oxygen atoms in total. The van der Waals surface area contributed by atoms with E-state index in [1.807, 2.05) is 32.3 Å². The molecule has 0 bridgehead atoms. The van der Waals surface area contributed by atoms with Gasteiger partial charge in [-0.1, -0.05) is 17.7 Å². The van der Waals surface area contributed by atoms with Gasteiger partial charge in [0.25, 0.3) is 0 Å². The predicted octanol–water partition coefficient (Wildman–Crippen LogP) is 1.84. The lowest BCUT2D eigenvalue weighted by Crippen LogP contribution is -2.49. The smallest absolute Gasteiger partial charge is 0.0633 e. The first-order chi connectivity index (χ1) is 8.07. The summed E-state index contributed by atoms with van der Waals surface area (Å²) in [5.41, 5.74) is 1.01. The van der Waals surface area contributed by atoms with Crippen molar-refractivity contribution in [2.75, 3.05) is 38.7 Å². The average molecular weight is 255 g/mol. The van der Waals surface area contributed by atoms with Gasteiger partial charge in [0.15, 0.2) is 0 Å². The first kappa shape index (κ1) is 12.7. The molecule has 0 saturated carbocycles. The summed E-state index contributed by atoms with van der Waals surface area (Å²) in [4.78, 5) is 4.40. The number of hydrogen-bond acceptors (Lipinski definition) is 3. The Morgan fingerprint density at radius 3 is 2.76 bits per heavy atom. The third-order valence-corrected chi connectivity index (χ3v) is 3.98. The van der Waals surface area contributed by atoms with E-state index in [9.17, 15) is 5.11 Å². The standard InChI is InChI=1S/C13H19ClN2O/c1-15(2)13(10-17)6-7-16(9-13)12-5-3-4-11(14)8-12/h3-5,8,17H,6-7,9-10H2,1-2H3. The van der Waals surface area contributed by atoms with Crippen LogP contribution in [0.15, 0.2) is 24.3 Å². The molecule has 17 heavy (non-hydrogen) atoms. The van der Waals surface area contributed by atoms with Crippen molar-refractivity contribution < 1.29 is 5.11 Å². The Morgan fingerprint density at radius 2 is 2.24 bits per heavy atom. The number of aliphatic hydroxyl groups is 1. The van der Waals surface area contributed by atoms with Gasteiger partial charge in [0, 0.05) is 23.8 Å². The van der Waals surface area contributed by atoms with E-state index in [1.165, 1.54) is 0 Å². The molecule has 1 atom stereocenters. The summed E-state index contributed by atoms with van der Waals surface area (Å²) >= 11 is 6.00. The Bertz CT molecular complexity index is 397. The Kier molecular flexibility index (Phi) is 3.61. The fourth-order valence-corrected chi connectivity index (χ4v) is 2.57. The second-order valence-electron chi connectivity index (χ2n) is 4.93. The van der Waals surface area contributed by atoms with Gasteiger partial charge in [0.05, 0.1) is 12.1 Å². The van der Waals surface area contributed by atoms with Crippen LogP contribution >= 0.6 is 11.6 Å². The first-order valence-corrected chi connectivity index (χ1v) is 6.24. The van der Waals surface area contributed by atoms with E-state index < -0.39 is 0 Å². The minimum atomic E-state index is -0.123. The summed E-state index contributed by atoms with van der Waals surface area (Å²) in [6, 6.07) is 7.89. The van der Waals surface area contributed by atoms with Crippen molar-refractivity contribution in [2.45, 2.75) is 12.0 Å². The second kappa shape index (κ2) is 4.84. The van der Waals surface area contributed by atoms with Gasteiger partial charge in [-0.05, 0) is 38.7 Å². The number of aliphatic hydroxyl groups excluding tert-OH is 1. The highest BCUT2D eigenvalue weighted by Crippen LogP contribution is 2.30. The minimum Gasteiger partial charge on any atom is -0.394 e. The summed E-state index contributed by atoms with van der Waals surface area (Å²) in [5, 5.41) is 10.4. The fraction of sp³-hybridized carbons (Fsp3) is 0.538. The van der Waals surface area contributed by atoms with Crippen LogP contribution in [0, 0.1) is 0 Å². The Morgan fingerprint density at radius 1 is 1.47 bits per heavy atom. The molecule has 1 fully saturated rings. The van der Waals surface area contributed by atoms with Crippen LogP contribution in [0.1, 0.15) is 6.42 Å². The summed E-state index contributed by atoms with van der Waals surface area (Å²) in [7, 11) is 4.05. The van der Waals surface area contributed by atoms with Gasteiger partial charge in [-0.3, -0.25) is 4.90 Å². The van der Waals surface area contributed by atoms with Crippen molar-refractivity contribution in [3.8, 4) is 0 Å². The van der Waals surface area contributed by atoms with Gasteiger partial charge < -0.3 is 10.0 Å². The molecule has 0 aromatic heterocycles. The van der Waals surface area contributed by atoms with Crippen LogP contribution in [0.5, 0.6) is 0 Å². The molecule has 1 aromatic carbocycles. The van der Waals surface area contributed by atoms with E-state index >= 15 is 0 Å². The molecule has 0 aliphatic carbocycles. The molecule has 0 radical (unpaired) electrons. The van der Waals surface area contributed by atoms with Crippen molar-refractivity contribution in [1.82, 2.24) is 4.90 Å². The molecule has 1 N–H and O–H groups in total. The summed E-state index contributed by atoms with van der Waals surface area (Å²) in [6.07, 6.45) is 0.975. The zero-order chi connectivity index (χ0) is 12.5. The van der Waals surface area contributed by atoms with Crippen LogP contribution in [-0.4, -0.2) is 49.3 Å². The molecule has 0 spiro atoms. The van der Waals surface area contributed by atoms with E-state index in [4.69, 9.17) is 11.6 Å². The maximum absolute atomic E-state index is 9.61. The van der Waals surface area contributed by atoms with Gasteiger partial charge in [0.2, 0.25) is 0 Å². The Balaban J connectivity index is 2.17. The third kappa shape index (κ3) is 2.41. The van der Waals surface area contributed by atoms with Crippen LogP contribution in [-0.2, 0) is 0 Å². The van der Waals surface area contributed by atoms with Crippen molar-refractivity contribution in [2.24, 2.45) is 0 Å². The van der Waals surface area contributed by atoms with Gasteiger partial charge in [-0.15, -0.1) is 0 Å². The highest BCUT2D eigenvalue weighted by Gasteiger charge is 2.39. The maximum atomic E-state index is 9.61. The van der Waals surface area contributed by atoms with Crippen LogP contribution in [0.3, 0.4) is 0 Å². The summed E-state index contributed by atoms with van der Waals surface area (Å²) in [5.74, 6) is 0. The Hall–Kier alpha value is -0.770. The molecule has 1 saturated heterocycles. The zero-order valence-electron chi connectivity index (χ0n) is 10.4. The number of anilines is 1. The van der Waals surface area contributed by atoms with Gasteiger partial charge in [-0.2, -0.15) is 0 Å². The molecule has 94 valence electrons. The van der Waals surface area contributed by atoms with Crippen LogP contribution in [0.25, 0.3) is 0 Å². The normalized spacial score (nSPS) is 24.6. The van der Waals surface area contributed by atoms with Gasteiger partial charge in [-0.25, -0.2) is 0 Å². The second-order valence-corrected chi connectivity index (χ2v) is 5.36. The highest BCUT2D eigenvalue weighted by atomic mass is 35.5. The van der Waals surface area contributed by atoms with Crippen molar-refractivity contribution >= 4 is 17.3 Å². The minimum absolute atomic E-state index is 0.123. The molecule has 0 amide bonds. The molecule has 1 aliphatic heterocycles. The SMILES string of the molecule is CN(C)C1(CO)CCN(c2cccc(Cl)c2)C1. The van der Waals surface area contributed by atoms with Gasteiger partial charge in [0.1, 0.15) is 0 Å². The molecule has 4 heteroatoms. The van der Waals surface area contributed by atoms with Crippen molar-refractivity contribution in [1.29, 1.82) is 0 Å². The van der Waals surface area contributed by atoms with E-state index in [-0.39, 0.29) is 12.1 Å². The van der Waals surface area contributed by atoms with Crippen molar-refractivity contribution in [3.05, 3.63) is 29.3 Å². The quantitative estimate of drug-likeness (QED) is 0.892. The largest absolute Gasteiger partial charge is 0.394 e. The lowest BCUT2D eigenvalue weighted by molar-refractivity contribution is 0.0867. The topological polar surface area (TPSA) is 26.7 Å². The number of halogens is 1. The molecule has 1 aromatic rings. The van der Waals surface area contributed by atoms with Gasteiger partial charge >= 0.3 is 0 Å². The monoisotopic (exact) mass is 254 g/mol. The number of rotatable bonds is 3. The van der Waals surface area contributed by atoms with Crippen LogP contribution in [0.2, 0.25) is 5.02 Å². The number of likely N-dealkylation sites (N-methyl/N-ethyl adjacent to an activating group) is 1. The first-order valence-electron chi connectivity index (χ1n) is 5.86. The van der Waals surface area contributed by atoms with Crippen LogP contribution < -0.4 is 4.90 Å². The van der Waals surface area contributed by atoms with E-state index in [1.54, 1.807) is 0 Å². The molecule has 1 aliphatic rings. The molecular formula is C13H19ClN2O. The Labute approximate surface area is 108 Å². The molecular weight excluding hydrogens is 236 g/mol. The molecule has 1 heterocycles. The van der Waals surface area contributed by atoms with Crippen LogP contribution in [0.4, 0.5) is 5.69 Å². The zero-order valence-corrected chi connectivity index (χ0v) is 11.1. The van der Waals surface area contributed by atoms with E-state index in [2.05, 4.69) is 15.9 Å². The lowest BCUT2D eigenvalue weighted by Gasteiger charge is -2.34. The number of nitrogens with zero attached hydrogens (tertiary/aromatic N) is 2. The summed E-state index contributed by atoms with van der Waals surface area (Å²) in [6.45, 7) is 1.99. The summed E-state index contributed by atoms with van der Waals surface area (Å²) < 4.78 is 0. The average Bonchev–Trinajstić information content (AvgIpc) is 2.74. The predicted molar refractivity (Wildman–Crippen MR) is 71.8 cm³/mol. The maximum Gasteiger partial charge on any atom is 0.0633 e.